The van der Waals surface area contributed by atoms with Gasteiger partial charge in [-0.2, -0.15) is 0 Å². The van der Waals surface area contributed by atoms with Crippen LogP contribution in [0.2, 0.25) is 0 Å². The Bertz CT molecular complexity index is 1250. The van der Waals surface area contributed by atoms with Crippen LogP contribution in [0.15, 0.2) is 89.8 Å². The van der Waals surface area contributed by atoms with Gasteiger partial charge in [0.1, 0.15) is 0 Å². The molecular weight excluding hydrogens is 380 g/mol. The first-order valence-electron chi connectivity index (χ1n) is 9.53. The monoisotopic (exact) mass is 402 g/mol. The lowest BCUT2D eigenvalue weighted by molar-refractivity contribution is 0.601. The number of hydrogen-bond donors (Lipinski definition) is 1. The van der Waals surface area contributed by atoms with Crippen LogP contribution in [0, 0.1) is 6.92 Å². The highest BCUT2D eigenvalue weighted by molar-refractivity contribution is 7.92. The molecule has 4 nitrogen and oxygen atoms in total. The third kappa shape index (κ3) is 4.46. The molecule has 3 aromatic carbocycles. The molecule has 0 radical (unpaired) electrons. The van der Waals surface area contributed by atoms with Crippen molar-refractivity contribution >= 4 is 26.6 Å². The van der Waals surface area contributed by atoms with Crippen molar-refractivity contribution in [1.82, 2.24) is 4.98 Å². The van der Waals surface area contributed by atoms with Gasteiger partial charge in [0.25, 0.3) is 10.0 Å². The lowest BCUT2D eigenvalue weighted by Gasteiger charge is -2.13. The number of nitrogens with one attached hydrogen (secondary N) is 1. The van der Waals surface area contributed by atoms with Crippen molar-refractivity contribution in [2.75, 3.05) is 4.72 Å². The molecule has 146 valence electrons. The van der Waals surface area contributed by atoms with Gasteiger partial charge in [-0.25, -0.2) is 8.42 Å². The Balaban J connectivity index is 1.54. The fourth-order valence-corrected chi connectivity index (χ4v) is 4.37. The number of aromatic nitrogens is 1. The third-order valence-corrected chi connectivity index (χ3v) is 6.28. The van der Waals surface area contributed by atoms with Crippen molar-refractivity contribution in [3.8, 4) is 0 Å². The minimum Gasteiger partial charge on any atom is -0.279 e. The molecule has 0 unspecified atom stereocenters. The topological polar surface area (TPSA) is 59.1 Å². The zero-order valence-electron chi connectivity index (χ0n) is 16.2. The van der Waals surface area contributed by atoms with Gasteiger partial charge in [0.05, 0.1) is 16.1 Å². The zero-order valence-corrected chi connectivity index (χ0v) is 17.0. The summed E-state index contributed by atoms with van der Waals surface area (Å²) in [5.74, 6) is 0. The minimum atomic E-state index is -3.63. The van der Waals surface area contributed by atoms with Crippen molar-refractivity contribution in [2.24, 2.45) is 0 Å². The molecule has 0 saturated heterocycles. The summed E-state index contributed by atoms with van der Waals surface area (Å²) in [5, 5.41) is 1.11. The van der Waals surface area contributed by atoms with E-state index in [0.717, 1.165) is 34.1 Å². The summed E-state index contributed by atoms with van der Waals surface area (Å²) in [6.45, 7) is 1.93. The Labute approximate surface area is 171 Å². The molecule has 0 spiro atoms. The number of para-hydroxylation sites is 2. The molecule has 5 heteroatoms. The van der Waals surface area contributed by atoms with E-state index in [1.807, 2.05) is 55.5 Å². The van der Waals surface area contributed by atoms with Crippen LogP contribution in [0.4, 0.5) is 5.69 Å². The molecule has 0 saturated carbocycles. The van der Waals surface area contributed by atoms with E-state index in [-0.39, 0.29) is 4.90 Å². The van der Waals surface area contributed by atoms with Gasteiger partial charge in [-0.1, -0.05) is 60.2 Å². The van der Waals surface area contributed by atoms with Gasteiger partial charge in [-0.05, 0) is 55.7 Å². The van der Waals surface area contributed by atoms with E-state index in [1.165, 1.54) is 0 Å². The van der Waals surface area contributed by atoms with Gasteiger partial charge in [-0.15, -0.1) is 0 Å². The lowest BCUT2D eigenvalue weighted by Crippen LogP contribution is -2.14. The van der Waals surface area contributed by atoms with Crippen LogP contribution < -0.4 is 4.72 Å². The van der Waals surface area contributed by atoms with E-state index >= 15 is 0 Å². The van der Waals surface area contributed by atoms with E-state index in [4.69, 9.17) is 4.98 Å². The van der Waals surface area contributed by atoms with Crippen molar-refractivity contribution in [3.05, 3.63) is 102 Å². The average Bonchev–Trinajstić information content (AvgIpc) is 2.73. The Morgan fingerprint density at radius 2 is 1.52 bits per heavy atom. The van der Waals surface area contributed by atoms with Crippen LogP contribution in [0.1, 0.15) is 16.8 Å². The van der Waals surface area contributed by atoms with Gasteiger partial charge >= 0.3 is 0 Å². The Morgan fingerprint density at radius 3 is 2.34 bits per heavy atom. The summed E-state index contributed by atoms with van der Waals surface area (Å²) < 4.78 is 28.3. The number of rotatable bonds is 6. The normalized spacial score (nSPS) is 11.5. The van der Waals surface area contributed by atoms with Gasteiger partial charge in [0, 0.05) is 11.1 Å². The quantitative estimate of drug-likeness (QED) is 0.486. The van der Waals surface area contributed by atoms with Crippen molar-refractivity contribution < 1.29 is 8.42 Å². The first kappa shape index (κ1) is 19.2. The maximum Gasteiger partial charge on any atom is 0.261 e. The maximum absolute atomic E-state index is 12.8. The number of anilines is 1. The molecule has 0 atom stereocenters. The lowest BCUT2D eigenvalue weighted by atomic mass is 10.1. The molecule has 0 fully saturated rings. The number of pyridine rings is 1. The minimum absolute atomic E-state index is 0.258. The SMILES string of the molecule is Cc1ccc(S(=O)(=O)Nc2ccccc2CCc2ccc3ccccc3n2)cc1. The smallest absolute Gasteiger partial charge is 0.261 e. The second-order valence-electron chi connectivity index (χ2n) is 7.07. The number of nitrogens with zero attached hydrogens (tertiary/aromatic N) is 1. The van der Waals surface area contributed by atoms with E-state index < -0.39 is 10.0 Å². The highest BCUT2D eigenvalue weighted by Crippen LogP contribution is 2.22. The van der Waals surface area contributed by atoms with E-state index in [2.05, 4.69) is 10.8 Å². The standard InChI is InChI=1S/C24H22N2O2S/c1-18-10-16-22(17-11-18)29(27,28)26-24-9-5-3-7-20(24)13-15-21-14-12-19-6-2-4-8-23(19)25-21/h2-12,14,16-17,26H,13,15H2,1H3. The van der Waals surface area contributed by atoms with Gasteiger partial charge in [0.2, 0.25) is 0 Å². The average molecular weight is 403 g/mol. The maximum atomic E-state index is 12.8. The second-order valence-corrected chi connectivity index (χ2v) is 8.75. The summed E-state index contributed by atoms with van der Waals surface area (Å²) >= 11 is 0. The first-order valence-corrected chi connectivity index (χ1v) is 11.0. The third-order valence-electron chi connectivity index (χ3n) is 4.90. The predicted octanol–water partition coefficient (Wildman–Crippen LogP) is 5.13. The zero-order chi connectivity index (χ0) is 20.3. The molecule has 1 N–H and O–H groups in total. The summed E-state index contributed by atoms with van der Waals surface area (Å²) in [5.41, 5.74) is 4.53. The first-order chi connectivity index (χ1) is 14.0. The van der Waals surface area contributed by atoms with Crippen LogP contribution in [0.5, 0.6) is 0 Å². The number of benzene rings is 3. The molecule has 0 aliphatic rings. The number of aryl methyl sites for hydroxylation is 3. The van der Waals surface area contributed by atoms with Gasteiger partial charge < -0.3 is 0 Å². The second kappa shape index (κ2) is 8.05. The van der Waals surface area contributed by atoms with E-state index in [1.54, 1.807) is 30.3 Å². The van der Waals surface area contributed by atoms with Crippen LogP contribution in [0.3, 0.4) is 0 Å². The summed E-state index contributed by atoms with van der Waals surface area (Å²) in [4.78, 5) is 4.97. The largest absolute Gasteiger partial charge is 0.279 e. The van der Waals surface area contributed by atoms with Gasteiger partial charge in [-0.3, -0.25) is 9.71 Å². The number of fused-ring (bicyclic) bond motifs is 1. The molecule has 1 heterocycles. The number of sulfonamides is 1. The van der Waals surface area contributed by atoms with Crippen molar-refractivity contribution in [3.63, 3.8) is 0 Å². The van der Waals surface area contributed by atoms with Crippen LogP contribution in [0.25, 0.3) is 10.9 Å². The fourth-order valence-electron chi connectivity index (χ4n) is 3.27. The predicted molar refractivity (Wildman–Crippen MR) is 118 cm³/mol. The van der Waals surface area contributed by atoms with Crippen molar-refractivity contribution in [1.29, 1.82) is 0 Å². The van der Waals surface area contributed by atoms with Crippen LogP contribution >= 0.6 is 0 Å². The van der Waals surface area contributed by atoms with E-state index in [0.29, 0.717) is 12.1 Å². The summed E-state index contributed by atoms with van der Waals surface area (Å²) in [6, 6.07) is 26.5. The molecule has 0 amide bonds. The van der Waals surface area contributed by atoms with Crippen molar-refractivity contribution in [2.45, 2.75) is 24.7 Å². The Kier molecular flexibility index (Phi) is 5.32. The summed E-state index contributed by atoms with van der Waals surface area (Å²) in [7, 11) is -3.63. The Morgan fingerprint density at radius 1 is 0.793 bits per heavy atom. The molecule has 0 bridgehead atoms. The molecule has 1 aromatic heterocycles. The molecule has 4 aromatic rings. The molecular formula is C24H22N2O2S. The highest BCUT2D eigenvalue weighted by Gasteiger charge is 2.15. The van der Waals surface area contributed by atoms with Gasteiger partial charge in [0.15, 0.2) is 0 Å². The Hall–Kier alpha value is -3.18. The number of hydrogen-bond acceptors (Lipinski definition) is 3. The molecule has 29 heavy (non-hydrogen) atoms. The molecule has 4 rings (SSSR count). The molecule has 0 aliphatic heterocycles. The highest BCUT2D eigenvalue weighted by atomic mass is 32.2. The van der Waals surface area contributed by atoms with Crippen LogP contribution in [-0.4, -0.2) is 13.4 Å². The summed E-state index contributed by atoms with van der Waals surface area (Å²) in [6.07, 6.45) is 1.42. The molecule has 0 aliphatic carbocycles. The fraction of sp³-hybridized carbons (Fsp3) is 0.125. The van der Waals surface area contributed by atoms with E-state index in [9.17, 15) is 8.42 Å². The van der Waals surface area contributed by atoms with Crippen LogP contribution in [-0.2, 0) is 22.9 Å².